The van der Waals surface area contributed by atoms with Crippen LogP contribution in [0.2, 0.25) is 0 Å². The summed E-state index contributed by atoms with van der Waals surface area (Å²) in [7, 11) is 0. The summed E-state index contributed by atoms with van der Waals surface area (Å²) >= 11 is 0. The van der Waals surface area contributed by atoms with E-state index in [1.165, 1.54) is 0 Å². The van der Waals surface area contributed by atoms with Crippen LogP contribution in [0.4, 0.5) is 0 Å². The quantitative estimate of drug-likeness (QED) is 0.587. The minimum Gasteiger partial charge on any atom is -0.396 e. The number of carbonyl (C=O) groups is 1. The van der Waals surface area contributed by atoms with Gasteiger partial charge in [-0.3, -0.25) is 4.79 Å². The first-order chi connectivity index (χ1) is 13.2. The molecule has 1 heterocycles. The number of carbonyl (C=O) groups excluding carboxylic acids is 1. The van der Waals surface area contributed by atoms with Crippen LogP contribution in [0.3, 0.4) is 0 Å². The fraction of sp³-hybridized carbons (Fsp3) is 0.273. The van der Waals surface area contributed by atoms with Gasteiger partial charge < -0.3 is 14.9 Å². The summed E-state index contributed by atoms with van der Waals surface area (Å²) in [6.07, 6.45) is 2.54. The lowest BCUT2D eigenvalue weighted by atomic mass is 9.98. The van der Waals surface area contributed by atoms with Gasteiger partial charge in [-0.25, -0.2) is 0 Å². The number of unbranched alkanes of at least 4 members (excludes halogenated alkanes) is 2. The molecule has 0 unspecified atom stereocenters. The van der Waals surface area contributed by atoms with Gasteiger partial charge in [0.05, 0.1) is 5.56 Å². The van der Waals surface area contributed by atoms with Gasteiger partial charge in [0.1, 0.15) is 11.5 Å². The molecule has 27 heavy (non-hydrogen) atoms. The first-order valence-electron chi connectivity index (χ1n) is 9.22. The van der Waals surface area contributed by atoms with Crippen LogP contribution in [-0.2, 0) is 0 Å². The predicted octanol–water partition coefficient (Wildman–Crippen LogP) is 4.21. The molecule has 0 aliphatic rings. The Balaban J connectivity index is 1.73. The number of aromatic nitrogens is 1. The Morgan fingerprint density at radius 1 is 1.00 bits per heavy atom. The van der Waals surface area contributed by atoms with E-state index in [1.807, 2.05) is 61.5 Å². The maximum atomic E-state index is 12.2. The molecule has 5 nitrogen and oxygen atoms in total. The zero-order valence-corrected chi connectivity index (χ0v) is 15.4. The van der Waals surface area contributed by atoms with E-state index in [-0.39, 0.29) is 12.5 Å². The molecule has 0 fully saturated rings. The number of hydrogen-bond donors (Lipinski definition) is 2. The molecule has 0 aliphatic carbocycles. The molecule has 0 radical (unpaired) electrons. The van der Waals surface area contributed by atoms with Crippen LogP contribution in [0.1, 0.15) is 35.4 Å². The summed E-state index contributed by atoms with van der Waals surface area (Å²) in [4.78, 5) is 12.2. The highest BCUT2D eigenvalue weighted by Gasteiger charge is 2.16. The number of nitrogens with one attached hydrogen (secondary N) is 1. The topological polar surface area (TPSA) is 75.4 Å². The largest absolute Gasteiger partial charge is 0.396 e. The highest BCUT2D eigenvalue weighted by atomic mass is 16.5. The van der Waals surface area contributed by atoms with E-state index in [9.17, 15) is 4.79 Å². The first-order valence-corrected chi connectivity index (χ1v) is 9.22. The number of nitrogens with zero attached hydrogens (tertiary/aromatic N) is 1. The van der Waals surface area contributed by atoms with Crippen LogP contribution < -0.4 is 5.32 Å². The van der Waals surface area contributed by atoms with Gasteiger partial charge in [-0.1, -0.05) is 47.6 Å². The second kappa shape index (κ2) is 9.14. The van der Waals surface area contributed by atoms with Crippen molar-refractivity contribution in [2.75, 3.05) is 13.2 Å². The lowest BCUT2D eigenvalue weighted by Gasteiger charge is -2.07. The van der Waals surface area contributed by atoms with Crippen LogP contribution >= 0.6 is 0 Å². The summed E-state index contributed by atoms with van der Waals surface area (Å²) in [5.74, 6) is 0.658. The van der Waals surface area contributed by atoms with Crippen molar-refractivity contribution >= 4 is 5.91 Å². The second-order valence-corrected chi connectivity index (χ2v) is 6.45. The molecule has 0 spiro atoms. The van der Waals surface area contributed by atoms with Gasteiger partial charge in [-0.2, -0.15) is 0 Å². The molecule has 1 aromatic heterocycles. The van der Waals surface area contributed by atoms with Crippen molar-refractivity contribution in [3.05, 3.63) is 65.9 Å². The predicted molar refractivity (Wildman–Crippen MR) is 105 cm³/mol. The van der Waals surface area contributed by atoms with Gasteiger partial charge in [0, 0.05) is 24.3 Å². The van der Waals surface area contributed by atoms with Crippen LogP contribution in [0.25, 0.3) is 22.4 Å². The van der Waals surface area contributed by atoms with E-state index in [4.69, 9.17) is 9.63 Å². The van der Waals surface area contributed by atoms with Crippen LogP contribution in [0.15, 0.2) is 59.1 Å². The van der Waals surface area contributed by atoms with Gasteiger partial charge >= 0.3 is 0 Å². The summed E-state index contributed by atoms with van der Waals surface area (Å²) < 4.78 is 5.42. The summed E-state index contributed by atoms with van der Waals surface area (Å²) in [6, 6.07) is 17.4. The molecule has 0 atom stereocenters. The molecule has 1 amide bonds. The maximum Gasteiger partial charge on any atom is 0.251 e. The highest BCUT2D eigenvalue weighted by Crippen LogP contribution is 2.34. The lowest BCUT2D eigenvalue weighted by molar-refractivity contribution is 0.0953. The van der Waals surface area contributed by atoms with E-state index >= 15 is 0 Å². The van der Waals surface area contributed by atoms with Crippen molar-refractivity contribution in [2.24, 2.45) is 0 Å². The van der Waals surface area contributed by atoms with Crippen molar-refractivity contribution in [3.63, 3.8) is 0 Å². The monoisotopic (exact) mass is 364 g/mol. The Hall–Kier alpha value is -2.92. The number of aliphatic hydroxyl groups excluding tert-OH is 1. The highest BCUT2D eigenvalue weighted by molar-refractivity contribution is 5.95. The summed E-state index contributed by atoms with van der Waals surface area (Å²) in [5, 5.41) is 15.9. The van der Waals surface area contributed by atoms with E-state index in [0.717, 1.165) is 47.4 Å². The van der Waals surface area contributed by atoms with Gasteiger partial charge in [0.2, 0.25) is 0 Å². The Morgan fingerprint density at radius 3 is 2.44 bits per heavy atom. The molecule has 3 rings (SSSR count). The Morgan fingerprint density at radius 2 is 1.74 bits per heavy atom. The third-order valence-electron chi connectivity index (χ3n) is 4.47. The van der Waals surface area contributed by atoms with Gasteiger partial charge in [0.25, 0.3) is 5.91 Å². The van der Waals surface area contributed by atoms with Crippen molar-refractivity contribution in [1.82, 2.24) is 10.5 Å². The number of amides is 1. The van der Waals surface area contributed by atoms with E-state index < -0.39 is 0 Å². The van der Waals surface area contributed by atoms with Crippen molar-refractivity contribution in [2.45, 2.75) is 26.2 Å². The summed E-state index contributed by atoms with van der Waals surface area (Å²) in [6.45, 7) is 2.70. The number of benzene rings is 2. The zero-order valence-electron chi connectivity index (χ0n) is 15.4. The molecule has 0 saturated carbocycles. The molecular formula is C22H24N2O3. The minimum absolute atomic E-state index is 0.0872. The Bertz CT molecular complexity index is 870. The van der Waals surface area contributed by atoms with Crippen molar-refractivity contribution in [1.29, 1.82) is 0 Å². The number of aryl methyl sites for hydroxylation is 1. The molecule has 0 bridgehead atoms. The normalized spacial score (nSPS) is 10.7. The van der Waals surface area contributed by atoms with Crippen molar-refractivity contribution in [3.8, 4) is 22.4 Å². The second-order valence-electron chi connectivity index (χ2n) is 6.45. The lowest BCUT2D eigenvalue weighted by Crippen LogP contribution is -2.24. The molecule has 2 aromatic carbocycles. The Kier molecular flexibility index (Phi) is 6.39. The van der Waals surface area contributed by atoms with E-state index in [0.29, 0.717) is 12.1 Å². The van der Waals surface area contributed by atoms with Gasteiger partial charge in [-0.05, 0) is 43.9 Å². The molecule has 0 aliphatic heterocycles. The standard InChI is InChI=1S/C22H24N2O3/c1-16-20(21(24-27-16)18-8-4-2-5-9-18)17-10-12-19(13-11-17)22(26)23-14-6-3-7-15-25/h2,4-5,8-13,25H,3,6-7,14-15H2,1H3,(H,23,26). The number of aliphatic hydroxyl groups is 1. The Labute approximate surface area is 159 Å². The average Bonchev–Trinajstić information content (AvgIpc) is 3.10. The molecule has 140 valence electrons. The molecule has 0 saturated heterocycles. The average molecular weight is 364 g/mol. The number of rotatable bonds is 8. The van der Waals surface area contributed by atoms with Crippen LogP contribution in [0, 0.1) is 6.92 Å². The maximum absolute atomic E-state index is 12.2. The van der Waals surface area contributed by atoms with Crippen LogP contribution in [0.5, 0.6) is 0 Å². The minimum atomic E-state index is -0.0872. The number of hydrogen-bond acceptors (Lipinski definition) is 4. The molecular weight excluding hydrogens is 340 g/mol. The zero-order chi connectivity index (χ0) is 19.1. The summed E-state index contributed by atoms with van der Waals surface area (Å²) in [5.41, 5.74) is 4.32. The van der Waals surface area contributed by atoms with Crippen molar-refractivity contribution < 1.29 is 14.4 Å². The van der Waals surface area contributed by atoms with Gasteiger partial charge in [-0.15, -0.1) is 0 Å². The molecule has 2 N–H and O–H groups in total. The van der Waals surface area contributed by atoms with E-state index in [2.05, 4.69) is 10.5 Å². The fourth-order valence-corrected chi connectivity index (χ4v) is 3.01. The first kappa shape index (κ1) is 18.9. The molecule has 5 heteroatoms. The fourth-order valence-electron chi connectivity index (χ4n) is 3.01. The molecule has 3 aromatic rings. The third-order valence-corrected chi connectivity index (χ3v) is 4.47. The van der Waals surface area contributed by atoms with Crippen LogP contribution in [-0.4, -0.2) is 29.3 Å². The third kappa shape index (κ3) is 4.63. The smallest absolute Gasteiger partial charge is 0.251 e. The van der Waals surface area contributed by atoms with Gasteiger partial charge in [0.15, 0.2) is 0 Å². The van der Waals surface area contributed by atoms with E-state index in [1.54, 1.807) is 0 Å². The SMILES string of the molecule is Cc1onc(-c2ccccc2)c1-c1ccc(C(=O)NCCCCCO)cc1.